The minimum Gasteiger partial charge on any atom is -0.462 e. The Morgan fingerprint density at radius 1 is 1.08 bits per heavy atom. The lowest BCUT2D eigenvalue weighted by atomic mass is 9.47. The van der Waals surface area contributed by atoms with E-state index in [0.717, 1.165) is 61.7 Å². The average molecular weight is 499 g/mol. The van der Waals surface area contributed by atoms with Crippen LogP contribution in [0.15, 0.2) is 52.6 Å². The van der Waals surface area contributed by atoms with E-state index in [-0.39, 0.29) is 28.5 Å². The zero-order chi connectivity index (χ0) is 26.5. The summed E-state index contributed by atoms with van der Waals surface area (Å²) < 4.78 is 5.59. The molecule has 5 heteroatoms. The number of nitrogens with zero attached hydrogens (tertiary/aromatic N) is 1. The fourth-order valence-corrected chi connectivity index (χ4v) is 8.35. The van der Waals surface area contributed by atoms with Gasteiger partial charge in [0.2, 0.25) is 0 Å². The Morgan fingerprint density at radius 2 is 1.78 bits per heavy atom. The van der Waals surface area contributed by atoms with Crippen LogP contribution in [0, 0.1) is 46.8 Å². The van der Waals surface area contributed by atoms with Gasteiger partial charge in [-0.25, -0.2) is 0 Å². The zero-order valence-electron chi connectivity index (χ0n) is 22.5. The Labute approximate surface area is 220 Å². The Balaban J connectivity index is 1.54. The highest BCUT2D eigenvalue weighted by molar-refractivity contribution is 5.98. The van der Waals surface area contributed by atoms with E-state index in [1.807, 2.05) is 0 Å². The van der Waals surface area contributed by atoms with Gasteiger partial charge >= 0.3 is 5.97 Å². The maximum atomic E-state index is 12.5. The Hall–Kier alpha value is -3.13. The second-order valence-corrected chi connectivity index (χ2v) is 12.2. The van der Waals surface area contributed by atoms with Gasteiger partial charge in [0, 0.05) is 13.3 Å². The van der Waals surface area contributed by atoms with Crippen LogP contribution in [0.3, 0.4) is 0 Å². The number of benzene rings is 1. The van der Waals surface area contributed by atoms with E-state index < -0.39 is 5.91 Å². The molecule has 0 heterocycles. The number of ether oxygens (including phenoxy) is 1. The van der Waals surface area contributed by atoms with E-state index in [0.29, 0.717) is 17.8 Å². The van der Waals surface area contributed by atoms with Gasteiger partial charge in [0.15, 0.2) is 0 Å². The third-order valence-corrected chi connectivity index (χ3v) is 10.1. The van der Waals surface area contributed by atoms with Gasteiger partial charge in [-0.05, 0) is 90.7 Å². The fourth-order valence-electron chi connectivity index (χ4n) is 8.35. The number of nitriles is 1. The van der Waals surface area contributed by atoms with Crippen molar-refractivity contribution in [1.82, 2.24) is 0 Å². The lowest BCUT2D eigenvalue weighted by Gasteiger charge is -2.57. The maximum Gasteiger partial charge on any atom is 0.302 e. The largest absolute Gasteiger partial charge is 0.462 e. The van der Waals surface area contributed by atoms with Crippen LogP contribution in [0.25, 0.3) is 6.08 Å². The van der Waals surface area contributed by atoms with Crippen LogP contribution in [-0.4, -0.2) is 18.0 Å². The van der Waals surface area contributed by atoms with Gasteiger partial charge in [0.05, 0.1) is 0 Å². The van der Waals surface area contributed by atoms with Crippen molar-refractivity contribution in [2.45, 2.75) is 78.7 Å². The van der Waals surface area contributed by atoms with Crippen LogP contribution in [0.1, 0.15) is 76.8 Å². The van der Waals surface area contributed by atoms with Crippen molar-refractivity contribution in [1.29, 1.82) is 5.26 Å². The first-order valence-electron chi connectivity index (χ1n) is 13.7. The SMILES string of the molecule is CC(=O)O[C@H]1CC[C@@]2(C)C(=CCC3C2CC[C@]2(C)C(=C(\C#N)C(N)=O)/C(=C/c4ccc(C)cc4)CC32)C1. The first kappa shape index (κ1) is 25.5. The lowest BCUT2D eigenvalue weighted by Crippen LogP contribution is -2.50. The molecular weight excluding hydrogens is 460 g/mol. The van der Waals surface area contributed by atoms with E-state index >= 15 is 0 Å². The fraction of sp³-hybridized carbons (Fsp3) is 0.531. The summed E-state index contributed by atoms with van der Waals surface area (Å²) in [6.07, 6.45) is 11.2. The molecule has 1 amide bonds. The molecule has 0 aromatic heterocycles. The summed E-state index contributed by atoms with van der Waals surface area (Å²) in [4.78, 5) is 24.0. The third kappa shape index (κ3) is 4.25. The molecule has 0 bridgehead atoms. The van der Waals surface area contributed by atoms with E-state index in [4.69, 9.17) is 10.5 Å². The Morgan fingerprint density at radius 3 is 2.43 bits per heavy atom. The number of carbonyl (C=O) groups is 2. The summed E-state index contributed by atoms with van der Waals surface area (Å²) in [5.41, 5.74) is 11.5. The third-order valence-electron chi connectivity index (χ3n) is 10.1. The molecule has 1 aromatic rings. The molecule has 0 radical (unpaired) electrons. The molecule has 37 heavy (non-hydrogen) atoms. The van der Waals surface area contributed by atoms with E-state index in [1.165, 1.54) is 18.1 Å². The Kier molecular flexibility index (Phi) is 6.42. The summed E-state index contributed by atoms with van der Waals surface area (Å²) >= 11 is 0. The van der Waals surface area contributed by atoms with Gasteiger partial charge in [-0.1, -0.05) is 61.4 Å². The molecule has 6 atom stereocenters. The molecule has 3 fully saturated rings. The highest BCUT2D eigenvalue weighted by Gasteiger charge is 2.59. The molecule has 0 spiro atoms. The number of hydrogen-bond donors (Lipinski definition) is 1. The minimum atomic E-state index is -0.627. The van der Waals surface area contributed by atoms with Crippen LogP contribution in [0.2, 0.25) is 0 Å². The van der Waals surface area contributed by atoms with Crippen molar-refractivity contribution in [3.8, 4) is 6.07 Å². The molecule has 0 saturated heterocycles. The monoisotopic (exact) mass is 498 g/mol. The van der Waals surface area contributed by atoms with Crippen LogP contribution in [-0.2, 0) is 14.3 Å². The highest BCUT2D eigenvalue weighted by Crippen LogP contribution is 2.67. The standard InChI is InChI=1S/C32H38N2O3/c1-19-5-7-21(8-6-19)15-22-16-28-25-10-9-23-17-24(37-20(2)35)11-13-31(23,3)27(25)12-14-32(28,4)29(22)26(18-33)30(34)36/h5-9,15,24-25,27-28H,10-14,16-17H2,1-4H3,(H2,34,36)/b22-15+,29-26+/t24-,25?,27?,28?,31-,32-/m0/s1. The maximum absolute atomic E-state index is 12.5. The van der Waals surface area contributed by atoms with Gasteiger partial charge in [-0.2, -0.15) is 5.26 Å². The molecule has 3 saturated carbocycles. The second-order valence-electron chi connectivity index (χ2n) is 12.2. The average Bonchev–Trinajstić information content (AvgIpc) is 3.13. The Bertz CT molecular complexity index is 1260. The molecule has 0 aliphatic heterocycles. The predicted octanol–water partition coefficient (Wildman–Crippen LogP) is 6.19. The molecule has 5 nitrogen and oxygen atoms in total. The number of rotatable bonds is 3. The van der Waals surface area contributed by atoms with Gasteiger partial charge in [0.25, 0.3) is 5.91 Å². The molecule has 5 rings (SSSR count). The van der Waals surface area contributed by atoms with Crippen molar-refractivity contribution < 1.29 is 14.3 Å². The van der Waals surface area contributed by atoms with Gasteiger partial charge in [-0.3, -0.25) is 9.59 Å². The number of hydrogen-bond acceptors (Lipinski definition) is 4. The van der Waals surface area contributed by atoms with Gasteiger partial charge < -0.3 is 10.5 Å². The molecule has 2 N–H and O–H groups in total. The number of amides is 1. The number of fused-ring (bicyclic) bond motifs is 5. The quantitative estimate of drug-likeness (QED) is 0.233. The van der Waals surface area contributed by atoms with Crippen LogP contribution >= 0.6 is 0 Å². The number of primary amides is 1. The second kappa shape index (κ2) is 9.31. The van der Waals surface area contributed by atoms with Gasteiger partial charge in [-0.15, -0.1) is 0 Å². The number of esters is 1. The number of nitrogens with two attached hydrogens (primary N) is 1. The van der Waals surface area contributed by atoms with Crippen LogP contribution in [0.4, 0.5) is 0 Å². The molecule has 1 aromatic carbocycles. The van der Waals surface area contributed by atoms with Crippen molar-refractivity contribution >= 4 is 18.0 Å². The van der Waals surface area contributed by atoms with Crippen LogP contribution < -0.4 is 5.73 Å². The lowest BCUT2D eigenvalue weighted by molar-refractivity contribution is -0.148. The van der Waals surface area contributed by atoms with E-state index in [2.05, 4.69) is 63.3 Å². The van der Waals surface area contributed by atoms with Gasteiger partial charge in [0.1, 0.15) is 17.7 Å². The van der Waals surface area contributed by atoms with E-state index in [1.54, 1.807) is 0 Å². The first-order valence-corrected chi connectivity index (χ1v) is 13.7. The smallest absolute Gasteiger partial charge is 0.302 e. The number of carbonyl (C=O) groups excluding carboxylic acids is 2. The zero-order valence-corrected chi connectivity index (χ0v) is 22.5. The van der Waals surface area contributed by atoms with Crippen molar-refractivity contribution in [3.05, 3.63) is 63.8 Å². The van der Waals surface area contributed by atoms with E-state index in [9.17, 15) is 14.9 Å². The molecule has 3 unspecified atom stereocenters. The summed E-state index contributed by atoms with van der Waals surface area (Å²) in [5.74, 6) is 0.545. The normalized spacial score (nSPS) is 36.9. The topological polar surface area (TPSA) is 93.2 Å². The first-order chi connectivity index (χ1) is 17.6. The summed E-state index contributed by atoms with van der Waals surface area (Å²) in [7, 11) is 0. The molecule has 4 aliphatic rings. The van der Waals surface area contributed by atoms with Crippen molar-refractivity contribution in [2.24, 2.45) is 34.3 Å². The van der Waals surface area contributed by atoms with Crippen LogP contribution in [0.5, 0.6) is 0 Å². The predicted molar refractivity (Wildman–Crippen MR) is 144 cm³/mol. The summed E-state index contributed by atoms with van der Waals surface area (Å²) in [6, 6.07) is 10.6. The van der Waals surface area contributed by atoms with Crippen molar-refractivity contribution in [3.63, 3.8) is 0 Å². The minimum absolute atomic E-state index is 0.0129. The molecule has 4 aliphatic carbocycles. The highest BCUT2D eigenvalue weighted by atomic mass is 16.5. The summed E-state index contributed by atoms with van der Waals surface area (Å²) in [5, 5.41) is 10.0. The molecular formula is C32H38N2O3. The molecule has 194 valence electrons. The number of aryl methyl sites for hydroxylation is 1. The summed E-state index contributed by atoms with van der Waals surface area (Å²) in [6.45, 7) is 8.24. The number of allylic oxidation sites excluding steroid dienone is 3. The van der Waals surface area contributed by atoms with Crippen molar-refractivity contribution in [2.75, 3.05) is 0 Å².